The second-order valence-electron chi connectivity index (χ2n) is 5.72. The molecule has 24 heavy (non-hydrogen) atoms. The SMILES string of the molecule is COc1ccc(CN[C@H](c2ccc([N+](=O)[O-])cc2)[C@H](C)CO)cc1. The fraction of sp³-hybridized carbons (Fsp3) is 0.333. The van der Waals surface area contributed by atoms with E-state index < -0.39 is 4.92 Å². The number of benzene rings is 2. The van der Waals surface area contributed by atoms with Gasteiger partial charge in [-0.05, 0) is 29.2 Å². The molecule has 6 heteroatoms. The van der Waals surface area contributed by atoms with Crippen LogP contribution in [0.1, 0.15) is 24.1 Å². The zero-order chi connectivity index (χ0) is 17.5. The molecule has 0 aliphatic rings. The quantitative estimate of drug-likeness (QED) is 0.574. The lowest BCUT2D eigenvalue weighted by Crippen LogP contribution is -2.28. The molecule has 2 N–H and O–H groups in total. The van der Waals surface area contributed by atoms with E-state index in [1.54, 1.807) is 19.2 Å². The Hall–Kier alpha value is -2.44. The molecule has 2 atom stereocenters. The fourth-order valence-corrected chi connectivity index (χ4v) is 2.53. The van der Waals surface area contributed by atoms with Gasteiger partial charge in [0, 0.05) is 31.3 Å². The van der Waals surface area contributed by atoms with Gasteiger partial charge in [-0.25, -0.2) is 0 Å². The Morgan fingerprint density at radius 3 is 2.29 bits per heavy atom. The van der Waals surface area contributed by atoms with Crippen molar-refractivity contribution in [2.45, 2.75) is 19.5 Å². The van der Waals surface area contributed by atoms with E-state index >= 15 is 0 Å². The molecule has 0 heterocycles. The van der Waals surface area contributed by atoms with Crippen LogP contribution in [0.2, 0.25) is 0 Å². The van der Waals surface area contributed by atoms with E-state index in [-0.39, 0.29) is 24.3 Å². The standard InChI is InChI=1S/C18H22N2O4/c1-13(12-21)18(15-5-7-16(8-6-15)20(22)23)19-11-14-3-9-17(24-2)10-4-14/h3-10,13,18-19,21H,11-12H2,1-2H3/t13-,18+/m1/s1. The van der Waals surface area contributed by atoms with Crippen LogP contribution in [0.5, 0.6) is 5.75 Å². The average Bonchev–Trinajstić information content (AvgIpc) is 2.62. The van der Waals surface area contributed by atoms with Crippen LogP contribution < -0.4 is 10.1 Å². The number of aliphatic hydroxyl groups is 1. The van der Waals surface area contributed by atoms with Crippen molar-refractivity contribution in [2.75, 3.05) is 13.7 Å². The molecule has 0 radical (unpaired) electrons. The van der Waals surface area contributed by atoms with E-state index in [2.05, 4.69) is 5.32 Å². The van der Waals surface area contributed by atoms with Crippen LogP contribution in [0.25, 0.3) is 0 Å². The summed E-state index contributed by atoms with van der Waals surface area (Å²) in [5.41, 5.74) is 2.06. The lowest BCUT2D eigenvalue weighted by molar-refractivity contribution is -0.384. The molecular weight excluding hydrogens is 308 g/mol. The van der Waals surface area contributed by atoms with Crippen LogP contribution in [0.15, 0.2) is 48.5 Å². The number of hydrogen-bond acceptors (Lipinski definition) is 5. The van der Waals surface area contributed by atoms with Crippen LogP contribution in [0.3, 0.4) is 0 Å². The first kappa shape index (κ1) is 17.9. The van der Waals surface area contributed by atoms with E-state index in [1.807, 2.05) is 31.2 Å². The van der Waals surface area contributed by atoms with Gasteiger partial charge in [0.1, 0.15) is 5.75 Å². The van der Waals surface area contributed by atoms with Crippen molar-refractivity contribution in [3.63, 3.8) is 0 Å². The summed E-state index contributed by atoms with van der Waals surface area (Å²) in [6, 6.07) is 14.1. The molecule has 0 spiro atoms. The van der Waals surface area contributed by atoms with Crippen molar-refractivity contribution in [3.8, 4) is 5.75 Å². The van der Waals surface area contributed by atoms with Crippen LogP contribution in [-0.4, -0.2) is 23.7 Å². The third-order valence-electron chi connectivity index (χ3n) is 4.01. The average molecular weight is 330 g/mol. The molecule has 0 unspecified atom stereocenters. The molecule has 0 aliphatic carbocycles. The molecule has 6 nitrogen and oxygen atoms in total. The van der Waals surface area contributed by atoms with Crippen molar-refractivity contribution in [1.82, 2.24) is 5.32 Å². The zero-order valence-electron chi connectivity index (χ0n) is 13.8. The van der Waals surface area contributed by atoms with Crippen LogP contribution in [0, 0.1) is 16.0 Å². The molecule has 0 bridgehead atoms. The summed E-state index contributed by atoms with van der Waals surface area (Å²) in [6.07, 6.45) is 0. The number of hydrogen-bond donors (Lipinski definition) is 2. The molecule has 2 aromatic rings. The number of nitro groups is 1. The van der Waals surface area contributed by atoms with E-state index in [4.69, 9.17) is 4.74 Å². The second kappa shape index (κ2) is 8.42. The third-order valence-corrected chi connectivity index (χ3v) is 4.01. The molecule has 128 valence electrons. The Morgan fingerprint density at radius 2 is 1.79 bits per heavy atom. The predicted octanol–water partition coefficient (Wildman–Crippen LogP) is 3.06. The maximum absolute atomic E-state index is 10.8. The highest BCUT2D eigenvalue weighted by atomic mass is 16.6. The van der Waals surface area contributed by atoms with Crippen LogP contribution in [-0.2, 0) is 6.54 Å². The number of aliphatic hydroxyl groups excluding tert-OH is 1. The van der Waals surface area contributed by atoms with Gasteiger partial charge in [-0.15, -0.1) is 0 Å². The van der Waals surface area contributed by atoms with Gasteiger partial charge in [-0.1, -0.05) is 31.2 Å². The fourth-order valence-electron chi connectivity index (χ4n) is 2.53. The first-order valence-electron chi connectivity index (χ1n) is 7.76. The molecule has 2 rings (SSSR count). The summed E-state index contributed by atoms with van der Waals surface area (Å²) in [4.78, 5) is 10.4. The van der Waals surface area contributed by atoms with Gasteiger partial charge in [0.2, 0.25) is 0 Å². The minimum Gasteiger partial charge on any atom is -0.497 e. The second-order valence-corrected chi connectivity index (χ2v) is 5.72. The Balaban J connectivity index is 2.11. The highest BCUT2D eigenvalue weighted by molar-refractivity contribution is 5.34. The van der Waals surface area contributed by atoms with Crippen molar-refractivity contribution in [2.24, 2.45) is 5.92 Å². The number of rotatable bonds is 8. The minimum atomic E-state index is -0.418. The number of nitrogens with one attached hydrogen (secondary N) is 1. The summed E-state index contributed by atoms with van der Waals surface area (Å²) in [6.45, 7) is 2.58. The third kappa shape index (κ3) is 4.53. The normalized spacial score (nSPS) is 13.3. The molecule has 2 aromatic carbocycles. The minimum absolute atomic E-state index is 0.0234. The summed E-state index contributed by atoms with van der Waals surface area (Å²) >= 11 is 0. The first-order valence-corrected chi connectivity index (χ1v) is 7.76. The van der Waals surface area contributed by atoms with Crippen LogP contribution in [0.4, 0.5) is 5.69 Å². The summed E-state index contributed by atoms with van der Waals surface area (Å²) in [5, 5.41) is 23.7. The van der Waals surface area contributed by atoms with Crippen molar-refractivity contribution >= 4 is 5.69 Å². The van der Waals surface area contributed by atoms with Gasteiger partial charge in [0.15, 0.2) is 0 Å². The molecule has 0 aliphatic heterocycles. The topological polar surface area (TPSA) is 84.6 Å². The molecule has 0 amide bonds. The summed E-state index contributed by atoms with van der Waals surface area (Å²) < 4.78 is 5.14. The number of nitrogens with zero attached hydrogens (tertiary/aromatic N) is 1. The molecule has 0 saturated carbocycles. The maximum Gasteiger partial charge on any atom is 0.269 e. The molecule has 0 fully saturated rings. The molecular formula is C18H22N2O4. The number of non-ortho nitro benzene ring substituents is 1. The van der Waals surface area contributed by atoms with Gasteiger partial charge in [0.05, 0.1) is 12.0 Å². The van der Waals surface area contributed by atoms with Crippen molar-refractivity contribution in [1.29, 1.82) is 0 Å². The number of ether oxygens (including phenoxy) is 1. The zero-order valence-corrected chi connectivity index (χ0v) is 13.8. The Morgan fingerprint density at radius 1 is 1.17 bits per heavy atom. The summed E-state index contributed by atoms with van der Waals surface area (Å²) in [5.74, 6) is 0.777. The number of methoxy groups -OCH3 is 1. The van der Waals surface area contributed by atoms with E-state index in [1.165, 1.54) is 12.1 Å². The Labute approximate surface area is 141 Å². The van der Waals surface area contributed by atoms with E-state index in [0.717, 1.165) is 16.9 Å². The van der Waals surface area contributed by atoms with Gasteiger partial charge < -0.3 is 15.2 Å². The monoisotopic (exact) mass is 330 g/mol. The number of nitro benzene ring substituents is 1. The Bertz CT molecular complexity index is 656. The van der Waals surface area contributed by atoms with Gasteiger partial charge >= 0.3 is 0 Å². The van der Waals surface area contributed by atoms with E-state index in [9.17, 15) is 15.2 Å². The summed E-state index contributed by atoms with van der Waals surface area (Å²) in [7, 11) is 1.63. The van der Waals surface area contributed by atoms with Gasteiger partial charge in [0.25, 0.3) is 5.69 Å². The lowest BCUT2D eigenvalue weighted by Gasteiger charge is -2.24. The smallest absolute Gasteiger partial charge is 0.269 e. The van der Waals surface area contributed by atoms with Crippen LogP contribution >= 0.6 is 0 Å². The maximum atomic E-state index is 10.8. The van der Waals surface area contributed by atoms with Gasteiger partial charge in [-0.2, -0.15) is 0 Å². The first-order chi connectivity index (χ1) is 11.5. The highest BCUT2D eigenvalue weighted by Gasteiger charge is 2.19. The van der Waals surface area contributed by atoms with Crippen molar-refractivity contribution in [3.05, 3.63) is 69.8 Å². The largest absolute Gasteiger partial charge is 0.497 e. The predicted molar refractivity (Wildman–Crippen MR) is 91.9 cm³/mol. The molecule has 0 aromatic heterocycles. The molecule has 0 saturated heterocycles. The lowest BCUT2D eigenvalue weighted by atomic mass is 9.94. The van der Waals surface area contributed by atoms with Gasteiger partial charge in [-0.3, -0.25) is 10.1 Å². The van der Waals surface area contributed by atoms with Crippen molar-refractivity contribution < 1.29 is 14.8 Å². The highest BCUT2D eigenvalue weighted by Crippen LogP contribution is 2.24. The van der Waals surface area contributed by atoms with E-state index in [0.29, 0.717) is 6.54 Å². The Kier molecular flexibility index (Phi) is 6.28.